The van der Waals surface area contributed by atoms with Gasteiger partial charge in [-0.3, -0.25) is 4.79 Å². The summed E-state index contributed by atoms with van der Waals surface area (Å²) in [6.07, 6.45) is 0.641. The number of nitrogens with zero attached hydrogens (tertiary/aromatic N) is 2. The number of hydrogen-bond donors (Lipinski definition) is 0. The molecule has 0 aliphatic rings. The van der Waals surface area contributed by atoms with Gasteiger partial charge in [-0.05, 0) is 44.5 Å². The van der Waals surface area contributed by atoms with E-state index < -0.39 is 5.92 Å². The van der Waals surface area contributed by atoms with Crippen LogP contribution in [-0.2, 0) is 4.79 Å². The number of amides is 1. The third kappa shape index (κ3) is 3.99. The van der Waals surface area contributed by atoms with Crippen molar-refractivity contribution >= 4 is 11.6 Å². The Morgan fingerprint density at radius 2 is 1.95 bits per heavy atom. The maximum absolute atomic E-state index is 12.0. The molecule has 1 aromatic rings. The van der Waals surface area contributed by atoms with Crippen LogP contribution in [0.15, 0.2) is 24.3 Å². The average Bonchev–Trinajstić information content (AvgIpc) is 2.39. The van der Waals surface area contributed by atoms with Crippen LogP contribution < -0.4 is 9.64 Å². The number of nitriles is 1. The topological polar surface area (TPSA) is 53.3 Å². The molecule has 1 rings (SSSR count). The number of benzene rings is 1. The standard InChI is InChI=1S/C15H20N2O2/c1-5-12(10-16)15(18)17(4)13-6-8-14(9-7-13)19-11(2)3/h6-9,11-12H,5H2,1-4H3. The molecule has 0 radical (unpaired) electrons. The summed E-state index contributed by atoms with van der Waals surface area (Å²) in [6, 6.07) is 9.31. The van der Waals surface area contributed by atoms with Crippen LogP contribution in [0.4, 0.5) is 5.69 Å². The summed E-state index contributed by atoms with van der Waals surface area (Å²) in [4.78, 5) is 13.6. The van der Waals surface area contributed by atoms with Crippen molar-refractivity contribution in [3.05, 3.63) is 24.3 Å². The minimum Gasteiger partial charge on any atom is -0.491 e. The summed E-state index contributed by atoms with van der Waals surface area (Å²) >= 11 is 0. The molecule has 102 valence electrons. The first-order chi connectivity index (χ1) is 8.99. The minimum atomic E-state index is -0.586. The van der Waals surface area contributed by atoms with Gasteiger partial charge in [0.25, 0.3) is 0 Å². The highest BCUT2D eigenvalue weighted by Gasteiger charge is 2.20. The van der Waals surface area contributed by atoms with E-state index in [0.29, 0.717) is 6.42 Å². The second-order valence-corrected chi connectivity index (χ2v) is 4.65. The first kappa shape index (κ1) is 15.0. The number of rotatable bonds is 5. The van der Waals surface area contributed by atoms with E-state index in [9.17, 15) is 4.79 Å². The van der Waals surface area contributed by atoms with Crippen LogP contribution in [0.3, 0.4) is 0 Å². The molecule has 1 aromatic carbocycles. The average molecular weight is 260 g/mol. The van der Waals surface area contributed by atoms with Crippen molar-refractivity contribution in [3.63, 3.8) is 0 Å². The molecule has 4 nitrogen and oxygen atoms in total. The summed E-state index contributed by atoms with van der Waals surface area (Å²) in [5.41, 5.74) is 0.759. The van der Waals surface area contributed by atoms with Gasteiger partial charge >= 0.3 is 0 Å². The predicted molar refractivity (Wildman–Crippen MR) is 75.0 cm³/mol. The van der Waals surface area contributed by atoms with Gasteiger partial charge in [-0.15, -0.1) is 0 Å². The Morgan fingerprint density at radius 1 is 1.37 bits per heavy atom. The summed E-state index contributed by atoms with van der Waals surface area (Å²) < 4.78 is 5.54. The van der Waals surface area contributed by atoms with Crippen molar-refractivity contribution in [3.8, 4) is 11.8 Å². The van der Waals surface area contributed by atoms with E-state index >= 15 is 0 Å². The van der Waals surface area contributed by atoms with Gasteiger partial charge in [0.2, 0.25) is 5.91 Å². The van der Waals surface area contributed by atoms with Crippen LogP contribution in [0.5, 0.6) is 5.75 Å². The number of anilines is 1. The molecule has 4 heteroatoms. The molecular weight excluding hydrogens is 240 g/mol. The minimum absolute atomic E-state index is 0.119. The molecule has 0 aliphatic heterocycles. The van der Waals surface area contributed by atoms with E-state index in [0.717, 1.165) is 11.4 Å². The van der Waals surface area contributed by atoms with Gasteiger partial charge in [-0.25, -0.2) is 0 Å². The van der Waals surface area contributed by atoms with Gasteiger partial charge in [-0.1, -0.05) is 6.92 Å². The maximum atomic E-state index is 12.0. The number of carbonyl (C=O) groups excluding carboxylic acids is 1. The lowest BCUT2D eigenvalue weighted by atomic mass is 10.1. The second kappa shape index (κ2) is 6.79. The molecule has 0 N–H and O–H groups in total. The Labute approximate surface area is 114 Å². The van der Waals surface area contributed by atoms with Crippen LogP contribution in [0.2, 0.25) is 0 Å². The van der Waals surface area contributed by atoms with Crippen LogP contribution in [-0.4, -0.2) is 19.1 Å². The van der Waals surface area contributed by atoms with Gasteiger partial charge in [0.1, 0.15) is 11.7 Å². The quantitative estimate of drug-likeness (QED) is 0.817. The normalized spacial score (nSPS) is 11.8. The summed E-state index contributed by atoms with van der Waals surface area (Å²) in [7, 11) is 1.68. The van der Waals surface area contributed by atoms with Crippen LogP contribution in [0.25, 0.3) is 0 Å². The Balaban J connectivity index is 2.80. The monoisotopic (exact) mass is 260 g/mol. The molecular formula is C15H20N2O2. The largest absolute Gasteiger partial charge is 0.491 e. The smallest absolute Gasteiger partial charge is 0.244 e. The van der Waals surface area contributed by atoms with E-state index in [-0.39, 0.29) is 12.0 Å². The van der Waals surface area contributed by atoms with Crippen molar-refractivity contribution in [2.45, 2.75) is 33.3 Å². The molecule has 0 fully saturated rings. The van der Waals surface area contributed by atoms with Gasteiger partial charge in [0.15, 0.2) is 0 Å². The van der Waals surface area contributed by atoms with Gasteiger partial charge < -0.3 is 9.64 Å². The number of carbonyl (C=O) groups is 1. The van der Waals surface area contributed by atoms with E-state index in [4.69, 9.17) is 10.00 Å². The lowest BCUT2D eigenvalue weighted by molar-refractivity contribution is -0.120. The van der Waals surface area contributed by atoms with Crippen molar-refractivity contribution in [2.24, 2.45) is 5.92 Å². The molecule has 1 atom stereocenters. The number of ether oxygens (including phenoxy) is 1. The summed E-state index contributed by atoms with van der Waals surface area (Å²) in [5, 5.41) is 8.92. The highest BCUT2D eigenvalue weighted by molar-refractivity contribution is 5.95. The molecule has 0 spiro atoms. The number of hydrogen-bond acceptors (Lipinski definition) is 3. The molecule has 1 amide bonds. The highest BCUT2D eigenvalue weighted by Crippen LogP contribution is 2.21. The molecule has 0 aromatic heterocycles. The molecule has 0 bridgehead atoms. The van der Waals surface area contributed by atoms with Crippen molar-refractivity contribution < 1.29 is 9.53 Å². The van der Waals surface area contributed by atoms with E-state index in [2.05, 4.69) is 0 Å². The zero-order valence-corrected chi connectivity index (χ0v) is 11.9. The zero-order valence-electron chi connectivity index (χ0n) is 11.9. The van der Waals surface area contributed by atoms with Crippen LogP contribution in [0.1, 0.15) is 27.2 Å². The third-order valence-electron chi connectivity index (χ3n) is 2.79. The van der Waals surface area contributed by atoms with Crippen LogP contribution in [0, 0.1) is 17.2 Å². The lowest BCUT2D eigenvalue weighted by Gasteiger charge is -2.20. The second-order valence-electron chi connectivity index (χ2n) is 4.65. The SMILES string of the molecule is CCC(C#N)C(=O)N(C)c1ccc(OC(C)C)cc1. The van der Waals surface area contributed by atoms with Crippen molar-refractivity contribution in [1.29, 1.82) is 5.26 Å². The van der Waals surface area contributed by atoms with Gasteiger partial charge in [0.05, 0.1) is 12.2 Å². The Hall–Kier alpha value is -2.02. The summed E-state index contributed by atoms with van der Waals surface area (Å²) in [6.45, 7) is 5.75. The fourth-order valence-electron chi connectivity index (χ4n) is 1.70. The molecule has 19 heavy (non-hydrogen) atoms. The fourth-order valence-corrected chi connectivity index (χ4v) is 1.70. The molecule has 0 saturated carbocycles. The van der Waals surface area contributed by atoms with Crippen molar-refractivity contribution in [1.82, 2.24) is 0 Å². The Kier molecular flexibility index (Phi) is 5.37. The van der Waals surface area contributed by atoms with Gasteiger partial charge in [0, 0.05) is 12.7 Å². The zero-order chi connectivity index (χ0) is 14.4. The molecule has 0 heterocycles. The molecule has 0 saturated heterocycles. The van der Waals surface area contributed by atoms with E-state index in [1.165, 1.54) is 4.90 Å². The third-order valence-corrected chi connectivity index (χ3v) is 2.79. The molecule has 1 unspecified atom stereocenters. The Bertz CT molecular complexity index is 460. The lowest BCUT2D eigenvalue weighted by Crippen LogP contribution is -2.31. The Morgan fingerprint density at radius 3 is 2.37 bits per heavy atom. The van der Waals surface area contributed by atoms with Gasteiger partial charge in [-0.2, -0.15) is 5.26 Å². The van der Waals surface area contributed by atoms with Crippen molar-refractivity contribution in [2.75, 3.05) is 11.9 Å². The first-order valence-electron chi connectivity index (χ1n) is 6.43. The summed E-state index contributed by atoms with van der Waals surface area (Å²) in [5.74, 6) is 0.00559. The van der Waals surface area contributed by atoms with Crippen LogP contribution >= 0.6 is 0 Å². The van der Waals surface area contributed by atoms with E-state index in [1.54, 1.807) is 7.05 Å². The highest BCUT2D eigenvalue weighted by atomic mass is 16.5. The molecule has 0 aliphatic carbocycles. The van der Waals surface area contributed by atoms with E-state index in [1.807, 2.05) is 51.1 Å². The predicted octanol–water partition coefficient (Wildman–Crippen LogP) is 2.99. The fraction of sp³-hybridized carbons (Fsp3) is 0.467. The maximum Gasteiger partial charge on any atom is 0.244 e. The first-order valence-corrected chi connectivity index (χ1v) is 6.43.